The largest absolute Gasteiger partial charge is 0.481 e. The zero-order valence-electron chi connectivity index (χ0n) is 11.5. The molecule has 1 N–H and O–H groups in total. The number of halogens is 3. The van der Waals surface area contributed by atoms with Gasteiger partial charge in [-0.1, -0.05) is 12.1 Å². The van der Waals surface area contributed by atoms with Crippen molar-refractivity contribution in [1.29, 1.82) is 0 Å². The van der Waals surface area contributed by atoms with Gasteiger partial charge in [0.1, 0.15) is 0 Å². The Hall–Kier alpha value is -2.31. The minimum Gasteiger partial charge on any atom is -0.481 e. The van der Waals surface area contributed by atoms with Crippen LogP contribution >= 0.6 is 0 Å². The second-order valence-corrected chi connectivity index (χ2v) is 5.38. The molecule has 3 rings (SSSR count). The predicted octanol–water partition coefficient (Wildman–Crippen LogP) is 3.40. The van der Waals surface area contributed by atoms with E-state index in [0.29, 0.717) is 16.9 Å². The molecule has 1 aliphatic rings. The molecule has 0 saturated heterocycles. The van der Waals surface area contributed by atoms with Gasteiger partial charge >= 0.3 is 12.1 Å². The molecule has 1 aromatic heterocycles. The van der Waals surface area contributed by atoms with Gasteiger partial charge in [0.25, 0.3) is 0 Å². The summed E-state index contributed by atoms with van der Waals surface area (Å²) in [7, 11) is 0. The second-order valence-electron chi connectivity index (χ2n) is 5.38. The molecule has 1 heterocycles. The molecular formula is C15H13F3N2O2. The van der Waals surface area contributed by atoms with Crippen LogP contribution in [0.2, 0.25) is 0 Å². The number of hydrogen-bond acceptors (Lipinski definition) is 2. The fourth-order valence-electron chi connectivity index (χ4n) is 2.34. The highest BCUT2D eigenvalue weighted by molar-refractivity contribution is 5.70. The van der Waals surface area contributed by atoms with E-state index in [4.69, 9.17) is 5.11 Å². The smallest absolute Gasteiger partial charge is 0.435 e. The Morgan fingerprint density at radius 2 is 1.91 bits per heavy atom. The highest BCUT2D eigenvalue weighted by Gasteiger charge is 2.38. The molecule has 0 aliphatic heterocycles. The van der Waals surface area contributed by atoms with Gasteiger partial charge in [0, 0.05) is 11.6 Å². The number of alkyl halides is 3. The maximum absolute atomic E-state index is 12.8. The van der Waals surface area contributed by atoms with Gasteiger partial charge in [-0.2, -0.15) is 18.3 Å². The van der Waals surface area contributed by atoms with Crippen molar-refractivity contribution in [3.63, 3.8) is 0 Å². The first kappa shape index (κ1) is 14.6. The first-order valence-corrected chi connectivity index (χ1v) is 6.83. The summed E-state index contributed by atoms with van der Waals surface area (Å²) >= 11 is 0. The van der Waals surface area contributed by atoms with Gasteiger partial charge < -0.3 is 5.11 Å². The van der Waals surface area contributed by atoms with E-state index in [0.717, 1.165) is 18.9 Å². The third kappa shape index (κ3) is 2.98. The van der Waals surface area contributed by atoms with Gasteiger partial charge in [-0.05, 0) is 36.6 Å². The molecule has 2 aromatic rings. The van der Waals surface area contributed by atoms with E-state index in [9.17, 15) is 18.0 Å². The lowest BCUT2D eigenvalue weighted by Crippen LogP contribution is -2.08. The van der Waals surface area contributed by atoms with Crippen molar-refractivity contribution in [2.45, 2.75) is 31.4 Å². The van der Waals surface area contributed by atoms with Crippen LogP contribution in [0.3, 0.4) is 0 Å². The van der Waals surface area contributed by atoms with Crippen LogP contribution in [0, 0.1) is 0 Å². The average Bonchev–Trinajstić information content (AvgIpc) is 3.16. The lowest BCUT2D eigenvalue weighted by molar-refractivity contribution is -0.141. The Morgan fingerprint density at radius 3 is 2.41 bits per heavy atom. The van der Waals surface area contributed by atoms with E-state index in [1.165, 1.54) is 4.68 Å². The van der Waals surface area contributed by atoms with E-state index in [-0.39, 0.29) is 12.3 Å². The lowest BCUT2D eigenvalue weighted by atomic mass is 10.1. The zero-order valence-corrected chi connectivity index (χ0v) is 11.5. The van der Waals surface area contributed by atoms with Crippen LogP contribution in [0.1, 0.15) is 35.7 Å². The summed E-state index contributed by atoms with van der Waals surface area (Å²) in [5.41, 5.74) is 0.751. The number of rotatable bonds is 4. The number of carbonyl (C=O) groups is 1. The molecule has 1 saturated carbocycles. The van der Waals surface area contributed by atoms with E-state index < -0.39 is 17.8 Å². The molecule has 7 heteroatoms. The molecule has 1 aliphatic carbocycles. The second kappa shape index (κ2) is 5.15. The number of benzene rings is 1. The third-order valence-corrected chi connectivity index (χ3v) is 3.56. The van der Waals surface area contributed by atoms with Crippen molar-refractivity contribution >= 4 is 5.97 Å². The van der Waals surface area contributed by atoms with Crippen LogP contribution in [0.15, 0.2) is 30.3 Å². The summed E-state index contributed by atoms with van der Waals surface area (Å²) in [6.07, 6.45) is -2.87. The van der Waals surface area contributed by atoms with E-state index in [1.54, 1.807) is 24.3 Å². The van der Waals surface area contributed by atoms with E-state index >= 15 is 0 Å². The summed E-state index contributed by atoms with van der Waals surface area (Å²) < 4.78 is 39.9. The first-order valence-electron chi connectivity index (χ1n) is 6.83. The van der Waals surface area contributed by atoms with Crippen LogP contribution < -0.4 is 0 Å². The summed E-state index contributed by atoms with van der Waals surface area (Å²) in [5, 5.41) is 12.4. The summed E-state index contributed by atoms with van der Waals surface area (Å²) in [6, 6.07) is 7.47. The highest BCUT2D eigenvalue weighted by atomic mass is 19.4. The Balaban J connectivity index is 1.96. The molecule has 0 atom stereocenters. The number of hydrogen-bond donors (Lipinski definition) is 1. The van der Waals surface area contributed by atoms with Gasteiger partial charge in [-0.3, -0.25) is 4.79 Å². The maximum atomic E-state index is 12.8. The van der Waals surface area contributed by atoms with Crippen LogP contribution in [0.5, 0.6) is 0 Å². The topological polar surface area (TPSA) is 55.1 Å². The Labute approximate surface area is 124 Å². The molecular weight excluding hydrogens is 297 g/mol. The maximum Gasteiger partial charge on any atom is 0.435 e. The van der Waals surface area contributed by atoms with Crippen molar-refractivity contribution in [3.05, 3.63) is 47.3 Å². The normalized spacial score (nSPS) is 15.0. The molecule has 0 amide bonds. The van der Waals surface area contributed by atoms with Crippen molar-refractivity contribution in [2.24, 2.45) is 0 Å². The van der Waals surface area contributed by atoms with Crippen molar-refractivity contribution in [3.8, 4) is 5.69 Å². The quantitative estimate of drug-likeness (QED) is 0.941. The monoisotopic (exact) mass is 310 g/mol. The van der Waals surface area contributed by atoms with Crippen LogP contribution in [0.25, 0.3) is 5.69 Å². The number of carboxylic acids is 1. The van der Waals surface area contributed by atoms with Gasteiger partial charge in [0.15, 0.2) is 5.69 Å². The molecule has 4 nitrogen and oxygen atoms in total. The van der Waals surface area contributed by atoms with Gasteiger partial charge in [0.05, 0.1) is 12.1 Å². The zero-order chi connectivity index (χ0) is 15.9. The standard InChI is InChI=1S/C15H13F3N2O2/c16-15(17,18)13-8-12(10-3-4-10)20(19-13)11-5-1-9(2-6-11)7-14(21)22/h1-2,5-6,8,10H,3-4,7H2,(H,21,22). The summed E-state index contributed by atoms with van der Waals surface area (Å²) in [5.74, 6) is -0.841. The summed E-state index contributed by atoms with van der Waals surface area (Å²) in [4.78, 5) is 10.6. The van der Waals surface area contributed by atoms with E-state index in [2.05, 4.69) is 5.10 Å². The fourth-order valence-corrected chi connectivity index (χ4v) is 2.34. The molecule has 0 radical (unpaired) electrons. The Morgan fingerprint density at radius 1 is 1.27 bits per heavy atom. The number of aromatic nitrogens is 2. The van der Waals surface area contributed by atoms with Crippen molar-refractivity contribution in [1.82, 2.24) is 9.78 Å². The third-order valence-electron chi connectivity index (χ3n) is 3.56. The molecule has 116 valence electrons. The molecule has 0 bridgehead atoms. The van der Waals surface area contributed by atoms with Gasteiger partial charge in [-0.25, -0.2) is 4.68 Å². The fraction of sp³-hybridized carbons (Fsp3) is 0.333. The highest BCUT2D eigenvalue weighted by Crippen LogP contribution is 2.42. The molecule has 1 aromatic carbocycles. The van der Waals surface area contributed by atoms with Crippen LogP contribution in [-0.2, 0) is 17.4 Å². The van der Waals surface area contributed by atoms with Crippen molar-refractivity contribution < 1.29 is 23.1 Å². The minimum atomic E-state index is -4.47. The summed E-state index contributed by atoms with van der Waals surface area (Å²) in [6.45, 7) is 0. The van der Waals surface area contributed by atoms with Gasteiger partial charge in [0.2, 0.25) is 0 Å². The predicted molar refractivity (Wildman–Crippen MR) is 71.9 cm³/mol. The molecule has 1 fully saturated rings. The van der Waals surface area contributed by atoms with Crippen LogP contribution in [-0.4, -0.2) is 20.9 Å². The molecule has 22 heavy (non-hydrogen) atoms. The first-order chi connectivity index (χ1) is 10.3. The van der Waals surface area contributed by atoms with E-state index in [1.807, 2.05) is 0 Å². The number of carboxylic acid groups (broad SMARTS) is 1. The van der Waals surface area contributed by atoms with Crippen molar-refractivity contribution in [2.75, 3.05) is 0 Å². The Bertz CT molecular complexity index is 701. The molecule has 0 spiro atoms. The minimum absolute atomic E-state index is 0.113. The lowest BCUT2D eigenvalue weighted by Gasteiger charge is -2.07. The number of aliphatic carboxylic acids is 1. The number of nitrogens with zero attached hydrogens (tertiary/aromatic N) is 2. The van der Waals surface area contributed by atoms with Crippen LogP contribution in [0.4, 0.5) is 13.2 Å². The molecule has 0 unspecified atom stereocenters. The average molecular weight is 310 g/mol. The SMILES string of the molecule is O=C(O)Cc1ccc(-n2nc(C(F)(F)F)cc2C2CC2)cc1. The Kier molecular flexibility index (Phi) is 3.42. The van der Waals surface area contributed by atoms with Gasteiger partial charge in [-0.15, -0.1) is 0 Å².